The lowest BCUT2D eigenvalue weighted by molar-refractivity contribution is -0.145. The lowest BCUT2D eigenvalue weighted by atomic mass is 10.0. The number of sulfonamides is 1. The highest BCUT2D eigenvalue weighted by Crippen LogP contribution is 2.26. The van der Waals surface area contributed by atoms with E-state index in [-0.39, 0.29) is 16.9 Å². The van der Waals surface area contributed by atoms with Crippen LogP contribution in [-0.4, -0.2) is 33.6 Å². The van der Waals surface area contributed by atoms with Gasteiger partial charge in [0.15, 0.2) is 0 Å². The second-order valence-corrected chi connectivity index (χ2v) is 6.56. The quantitative estimate of drug-likeness (QED) is 0.845. The molecule has 7 heteroatoms. The molecule has 1 aliphatic rings. The normalized spacial score (nSPS) is 19.3. The van der Waals surface area contributed by atoms with Gasteiger partial charge in [-0.15, -0.1) is 0 Å². The summed E-state index contributed by atoms with van der Waals surface area (Å²) in [6.07, 6.45) is 2.72. The molecule has 1 aromatic rings. The van der Waals surface area contributed by atoms with Crippen molar-refractivity contribution in [3.8, 4) is 0 Å². The van der Waals surface area contributed by atoms with Crippen molar-refractivity contribution < 1.29 is 17.9 Å². The van der Waals surface area contributed by atoms with Crippen LogP contribution >= 0.6 is 0 Å². The number of anilines is 1. The number of ether oxygens (including phenoxy) is 1. The predicted octanol–water partition coefficient (Wildman–Crippen LogP) is 1.26. The van der Waals surface area contributed by atoms with Gasteiger partial charge in [-0.1, -0.05) is 0 Å². The smallest absolute Gasteiger partial charge is 0.328 e. The summed E-state index contributed by atoms with van der Waals surface area (Å²) in [7, 11) is -3.70. The Morgan fingerprint density at radius 3 is 2.57 bits per heavy atom. The Balaban J connectivity index is 2.23. The number of hydrogen-bond acceptors (Lipinski definition) is 5. The third kappa shape index (κ3) is 3.74. The molecule has 0 aromatic heterocycles. The van der Waals surface area contributed by atoms with Crippen LogP contribution in [0.15, 0.2) is 29.2 Å². The first kappa shape index (κ1) is 15.8. The van der Waals surface area contributed by atoms with Crippen molar-refractivity contribution in [3.05, 3.63) is 24.3 Å². The zero-order valence-electron chi connectivity index (χ0n) is 12.0. The SMILES string of the molecule is CCOC(=O)C1CCCCN1c1ccc(S(N)(=O)=O)cc1. The molecule has 2 rings (SSSR count). The molecule has 0 amide bonds. The van der Waals surface area contributed by atoms with Crippen LogP contribution in [0.2, 0.25) is 0 Å². The van der Waals surface area contributed by atoms with Gasteiger partial charge in [0.25, 0.3) is 0 Å². The number of carbonyl (C=O) groups excluding carboxylic acids is 1. The first-order valence-electron chi connectivity index (χ1n) is 6.99. The Labute approximate surface area is 124 Å². The van der Waals surface area contributed by atoms with E-state index in [0.717, 1.165) is 31.5 Å². The fraction of sp³-hybridized carbons (Fsp3) is 0.500. The van der Waals surface area contributed by atoms with Gasteiger partial charge in [0.2, 0.25) is 10.0 Å². The average molecular weight is 312 g/mol. The maximum absolute atomic E-state index is 12.0. The summed E-state index contributed by atoms with van der Waals surface area (Å²) < 4.78 is 27.7. The molecule has 0 saturated carbocycles. The van der Waals surface area contributed by atoms with Gasteiger partial charge >= 0.3 is 5.97 Å². The average Bonchev–Trinajstić information content (AvgIpc) is 2.47. The molecule has 1 heterocycles. The molecule has 1 unspecified atom stereocenters. The van der Waals surface area contributed by atoms with E-state index in [1.165, 1.54) is 12.1 Å². The van der Waals surface area contributed by atoms with E-state index in [2.05, 4.69) is 0 Å². The molecule has 0 spiro atoms. The largest absolute Gasteiger partial charge is 0.464 e. The minimum Gasteiger partial charge on any atom is -0.464 e. The Morgan fingerprint density at radius 1 is 1.33 bits per heavy atom. The third-order valence-corrected chi connectivity index (χ3v) is 4.49. The van der Waals surface area contributed by atoms with E-state index in [0.29, 0.717) is 6.61 Å². The number of hydrogen-bond donors (Lipinski definition) is 1. The molecule has 1 aliphatic heterocycles. The van der Waals surface area contributed by atoms with Crippen LogP contribution in [-0.2, 0) is 19.6 Å². The molecule has 21 heavy (non-hydrogen) atoms. The highest BCUT2D eigenvalue weighted by molar-refractivity contribution is 7.89. The molecule has 1 saturated heterocycles. The number of nitrogens with two attached hydrogens (primary N) is 1. The summed E-state index contributed by atoms with van der Waals surface area (Å²) in [5.74, 6) is -0.229. The van der Waals surface area contributed by atoms with E-state index in [1.54, 1.807) is 19.1 Å². The van der Waals surface area contributed by atoms with Gasteiger partial charge in [0.05, 0.1) is 11.5 Å². The van der Waals surface area contributed by atoms with Crippen molar-refractivity contribution >= 4 is 21.7 Å². The maximum atomic E-state index is 12.0. The highest BCUT2D eigenvalue weighted by Gasteiger charge is 2.30. The standard InChI is InChI=1S/C14H20N2O4S/c1-2-20-14(17)13-5-3-4-10-16(13)11-6-8-12(9-7-11)21(15,18)19/h6-9,13H,2-5,10H2,1H3,(H2,15,18,19). The number of primary sulfonamides is 1. The van der Waals surface area contributed by atoms with E-state index in [4.69, 9.17) is 9.88 Å². The van der Waals surface area contributed by atoms with Gasteiger partial charge in [-0.3, -0.25) is 0 Å². The van der Waals surface area contributed by atoms with Crippen molar-refractivity contribution in [1.82, 2.24) is 0 Å². The van der Waals surface area contributed by atoms with Gasteiger partial charge in [-0.25, -0.2) is 18.4 Å². The minimum absolute atomic E-state index is 0.0657. The topological polar surface area (TPSA) is 89.7 Å². The Morgan fingerprint density at radius 2 is 2.00 bits per heavy atom. The molecule has 1 atom stereocenters. The molecule has 2 N–H and O–H groups in total. The number of rotatable bonds is 4. The fourth-order valence-corrected chi connectivity index (χ4v) is 3.07. The molecule has 1 aromatic carbocycles. The fourth-order valence-electron chi connectivity index (χ4n) is 2.55. The third-order valence-electron chi connectivity index (χ3n) is 3.56. The van der Waals surface area contributed by atoms with Crippen molar-refractivity contribution in [2.24, 2.45) is 5.14 Å². The lowest BCUT2D eigenvalue weighted by Gasteiger charge is -2.35. The second kappa shape index (κ2) is 6.44. The van der Waals surface area contributed by atoms with Crippen LogP contribution in [0.5, 0.6) is 0 Å². The second-order valence-electron chi connectivity index (χ2n) is 5.00. The maximum Gasteiger partial charge on any atom is 0.328 e. The summed E-state index contributed by atoms with van der Waals surface area (Å²) >= 11 is 0. The van der Waals surface area contributed by atoms with Crippen LogP contribution < -0.4 is 10.0 Å². The molecule has 0 radical (unpaired) electrons. The molecule has 116 valence electrons. The molecule has 1 fully saturated rings. The van der Waals surface area contributed by atoms with Crippen LogP contribution in [0.3, 0.4) is 0 Å². The van der Waals surface area contributed by atoms with E-state index >= 15 is 0 Å². The highest BCUT2D eigenvalue weighted by atomic mass is 32.2. The molecule has 0 aliphatic carbocycles. The zero-order valence-corrected chi connectivity index (χ0v) is 12.8. The van der Waals surface area contributed by atoms with E-state index in [1.807, 2.05) is 4.90 Å². The molecule has 0 bridgehead atoms. The van der Waals surface area contributed by atoms with E-state index < -0.39 is 10.0 Å². The summed E-state index contributed by atoms with van der Waals surface area (Å²) in [5, 5.41) is 5.08. The predicted molar refractivity (Wildman–Crippen MR) is 79.4 cm³/mol. The van der Waals surface area contributed by atoms with Gasteiger partial charge in [0, 0.05) is 12.2 Å². The monoisotopic (exact) mass is 312 g/mol. The summed E-state index contributed by atoms with van der Waals surface area (Å²) in [5.41, 5.74) is 0.806. The first-order valence-corrected chi connectivity index (χ1v) is 8.54. The molecule has 6 nitrogen and oxygen atoms in total. The van der Waals surface area contributed by atoms with E-state index in [9.17, 15) is 13.2 Å². The minimum atomic E-state index is -3.70. The van der Waals surface area contributed by atoms with Gasteiger partial charge in [0.1, 0.15) is 6.04 Å². The van der Waals surface area contributed by atoms with Crippen LogP contribution in [0.25, 0.3) is 0 Å². The Bertz CT molecular complexity index is 598. The number of carbonyl (C=O) groups is 1. The summed E-state index contributed by atoms with van der Waals surface area (Å²) in [4.78, 5) is 14.1. The van der Waals surface area contributed by atoms with Crippen molar-refractivity contribution in [2.75, 3.05) is 18.1 Å². The zero-order chi connectivity index (χ0) is 15.5. The first-order chi connectivity index (χ1) is 9.93. The van der Waals surface area contributed by atoms with Crippen LogP contribution in [0, 0.1) is 0 Å². The Kier molecular flexibility index (Phi) is 4.84. The van der Waals surface area contributed by atoms with Gasteiger partial charge in [-0.2, -0.15) is 0 Å². The van der Waals surface area contributed by atoms with Gasteiger partial charge < -0.3 is 9.64 Å². The van der Waals surface area contributed by atoms with Crippen LogP contribution in [0.4, 0.5) is 5.69 Å². The summed E-state index contributed by atoms with van der Waals surface area (Å²) in [6, 6.07) is 5.97. The van der Waals surface area contributed by atoms with Crippen molar-refractivity contribution in [1.29, 1.82) is 0 Å². The summed E-state index contributed by atoms with van der Waals surface area (Å²) in [6.45, 7) is 2.89. The molecular formula is C14H20N2O4S. The van der Waals surface area contributed by atoms with Crippen molar-refractivity contribution in [2.45, 2.75) is 37.1 Å². The van der Waals surface area contributed by atoms with Crippen LogP contribution in [0.1, 0.15) is 26.2 Å². The van der Waals surface area contributed by atoms with Gasteiger partial charge in [-0.05, 0) is 50.5 Å². The number of piperidine rings is 1. The number of benzene rings is 1. The molecular weight excluding hydrogens is 292 g/mol. The number of esters is 1. The number of nitrogens with zero attached hydrogens (tertiary/aromatic N) is 1. The van der Waals surface area contributed by atoms with Crippen molar-refractivity contribution in [3.63, 3.8) is 0 Å². The lowest BCUT2D eigenvalue weighted by Crippen LogP contribution is -2.45. The Hall–Kier alpha value is -1.60.